The number of amides is 1. The number of carbonyl (C=O) groups excluding carboxylic acids is 1. The lowest BCUT2D eigenvalue weighted by atomic mass is 10.2. The Morgan fingerprint density at radius 1 is 1.21 bits per heavy atom. The fourth-order valence-electron chi connectivity index (χ4n) is 2.64. The number of hydrogen-bond acceptors (Lipinski definition) is 5. The SMILES string of the molecule is CCOc1cc(C#N)ccc1OCC(=O)Nc1ccnn1Cc1ccccc1Cl. The van der Waals surface area contributed by atoms with Crippen LogP contribution in [0.25, 0.3) is 0 Å². The normalized spacial score (nSPS) is 10.2. The Morgan fingerprint density at radius 3 is 2.79 bits per heavy atom. The van der Waals surface area contributed by atoms with Crippen LogP contribution in [0.1, 0.15) is 18.1 Å². The van der Waals surface area contributed by atoms with E-state index in [0.29, 0.717) is 41.1 Å². The Kier molecular flexibility index (Phi) is 6.72. The average molecular weight is 411 g/mol. The smallest absolute Gasteiger partial charge is 0.263 e. The largest absolute Gasteiger partial charge is 0.490 e. The van der Waals surface area contributed by atoms with Crippen molar-refractivity contribution < 1.29 is 14.3 Å². The van der Waals surface area contributed by atoms with Crippen molar-refractivity contribution in [3.05, 3.63) is 70.9 Å². The van der Waals surface area contributed by atoms with Crippen LogP contribution < -0.4 is 14.8 Å². The Hall–Kier alpha value is -3.50. The molecule has 29 heavy (non-hydrogen) atoms. The fraction of sp³-hybridized carbons (Fsp3) is 0.190. The van der Waals surface area contributed by atoms with E-state index in [0.717, 1.165) is 5.56 Å². The number of nitrogens with one attached hydrogen (secondary N) is 1. The summed E-state index contributed by atoms with van der Waals surface area (Å²) in [6, 6.07) is 16.0. The van der Waals surface area contributed by atoms with Gasteiger partial charge in [0.1, 0.15) is 5.82 Å². The highest BCUT2D eigenvalue weighted by Gasteiger charge is 2.12. The molecule has 0 saturated carbocycles. The molecule has 3 rings (SSSR count). The van der Waals surface area contributed by atoms with Crippen molar-refractivity contribution in [1.82, 2.24) is 9.78 Å². The van der Waals surface area contributed by atoms with Crippen molar-refractivity contribution >= 4 is 23.3 Å². The molecule has 2 aromatic carbocycles. The third kappa shape index (κ3) is 5.27. The second-order valence-electron chi connectivity index (χ2n) is 6.01. The zero-order chi connectivity index (χ0) is 20.6. The van der Waals surface area contributed by atoms with Crippen LogP contribution in [0.3, 0.4) is 0 Å². The van der Waals surface area contributed by atoms with Crippen LogP contribution in [-0.2, 0) is 11.3 Å². The molecule has 0 spiro atoms. The van der Waals surface area contributed by atoms with Gasteiger partial charge in [0.05, 0.1) is 31.0 Å². The van der Waals surface area contributed by atoms with Gasteiger partial charge in [-0.15, -0.1) is 0 Å². The first-order chi connectivity index (χ1) is 14.1. The summed E-state index contributed by atoms with van der Waals surface area (Å²) < 4.78 is 12.7. The highest BCUT2D eigenvalue weighted by molar-refractivity contribution is 6.31. The Balaban J connectivity index is 1.63. The number of rotatable bonds is 8. The first-order valence-corrected chi connectivity index (χ1v) is 9.33. The van der Waals surface area contributed by atoms with Gasteiger partial charge in [-0.05, 0) is 30.7 Å². The van der Waals surface area contributed by atoms with Crippen LogP contribution in [0, 0.1) is 11.3 Å². The molecule has 1 aromatic heterocycles. The van der Waals surface area contributed by atoms with E-state index in [4.69, 9.17) is 26.3 Å². The molecule has 0 bridgehead atoms. The van der Waals surface area contributed by atoms with Gasteiger partial charge in [0.15, 0.2) is 18.1 Å². The van der Waals surface area contributed by atoms with E-state index < -0.39 is 0 Å². The number of ether oxygens (including phenoxy) is 2. The molecule has 0 unspecified atom stereocenters. The van der Waals surface area contributed by atoms with Crippen LogP contribution in [0.2, 0.25) is 5.02 Å². The molecule has 0 saturated heterocycles. The molecule has 0 aliphatic carbocycles. The first kappa shape index (κ1) is 20.2. The van der Waals surface area contributed by atoms with E-state index >= 15 is 0 Å². The molecule has 3 aromatic rings. The molecule has 0 aliphatic heterocycles. The summed E-state index contributed by atoms with van der Waals surface area (Å²) in [5.74, 6) is 0.995. The highest BCUT2D eigenvalue weighted by Crippen LogP contribution is 2.28. The minimum atomic E-state index is -0.349. The van der Waals surface area contributed by atoms with Crippen LogP contribution >= 0.6 is 11.6 Å². The molecule has 0 atom stereocenters. The van der Waals surface area contributed by atoms with E-state index in [1.807, 2.05) is 31.2 Å². The number of carbonyl (C=O) groups is 1. The molecule has 148 valence electrons. The predicted molar refractivity (Wildman–Crippen MR) is 109 cm³/mol. The number of anilines is 1. The summed E-state index contributed by atoms with van der Waals surface area (Å²) in [6.07, 6.45) is 1.60. The quantitative estimate of drug-likeness (QED) is 0.608. The maximum absolute atomic E-state index is 12.4. The zero-order valence-corrected chi connectivity index (χ0v) is 16.5. The van der Waals surface area contributed by atoms with E-state index in [1.54, 1.807) is 41.2 Å². The molecule has 7 nitrogen and oxygen atoms in total. The van der Waals surface area contributed by atoms with E-state index in [2.05, 4.69) is 10.4 Å². The summed E-state index contributed by atoms with van der Waals surface area (Å²) in [6.45, 7) is 2.45. The molecule has 1 heterocycles. The maximum atomic E-state index is 12.4. The maximum Gasteiger partial charge on any atom is 0.263 e. The summed E-state index contributed by atoms with van der Waals surface area (Å²) in [4.78, 5) is 12.4. The number of hydrogen-bond donors (Lipinski definition) is 1. The topological polar surface area (TPSA) is 89.2 Å². The highest BCUT2D eigenvalue weighted by atomic mass is 35.5. The Labute approximate surface area is 173 Å². The first-order valence-electron chi connectivity index (χ1n) is 8.95. The van der Waals surface area contributed by atoms with Crippen LogP contribution in [0.4, 0.5) is 5.82 Å². The van der Waals surface area contributed by atoms with Gasteiger partial charge in [-0.3, -0.25) is 4.79 Å². The molecular weight excluding hydrogens is 392 g/mol. The van der Waals surface area contributed by atoms with Gasteiger partial charge < -0.3 is 14.8 Å². The summed E-state index contributed by atoms with van der Waals surface area (Å²) in [7, 11) is 0. The lowest BCUT2D eigenvalue weighted by molar-refractivity contribution is -0.118. The van der Waals surface area contributed by atoms with Crippen LogP contribution in [0.5, 0.6) is 11.5 Å². The van der Waals surface area contributed by atoms with Crippen molar-refractivity contribution in [2.75, 3.05) is 18.5 Å². The van der Waals surface area contributed by atoms with Crippen molar-refractivity contribution in [2.24, 2.45) is 0 Å². The van der Waals surface area contributed by atoms with E-state index in [1.165, 1.54) is 0 Å². The van der Waals surface area contributed by atoms with Gasteiger partial charge in [-0.25, -0.2) is 4.68 Å². The van der Waals surface area contributed by atoms with Crippen molar-refractivity contribution in [3.8, 4) is 17.6 Å². The lowest BCUT2D eigenvalue weighted by Crippen LogP contribution is -2.22. The molecule has 0 fully saturated rings. The van der Waals surface area contributed by atoms with Crippen LogP contribution in [0.15, 0.2) is 54.7 Å². The van der Waals surface area contributed by atoms with Crippen molar-refractivity contribution in [3.63, 3.8) is 0 Å². The average Bonchev–Trinajstić information content (AvgIpc) is 3.15. The predicted octanol–water partition coefficient (Wildman–Crippen LogP) is 3.87. The summed E-state index contributed by atoms with van der Waals surface area (Å²) in [5.41, 5.74) is 1.34. The van der Waals surface area contributed by atoms with Crippen LogP contribution in [-0.4, -0.2) is 28.9 Å². The second kappa shape index (κ2) is 9.62. The number of halogens is 1. The number of nitriles is 1. The molecule has 0 aliphatic rings. The lowest BCUT2D eigenvalue weighted by Gasteiger charge is -2.13. The number of aromatic nitrogens is 2. The minimum absolute atomic E-state index is 0.219. The van der Waals surface area contributed by atoms with E-state index in [9.17, 15) is 4.79 Å². The van der Waals surface area contributed by atoms with Gasteiger partial charge in [-0.1, -0.05) is 29.8 Å². The zero-order valence-electron chi connectivity index (χ0n) is 15.8. The second-order valence-corrected chi connectivity index (χ2v) is 6.42. The van der Waals surface area contributed by atoms with Gasteiger partial charge >= 0.3 is 0 Å². The molecular formula is C21H19ClN4O3. The summed E-state index contributed by atoms with van der Waals surface area (Å²) in [5, 5.41) is 16.6. The molecule has 8 heteroatoms. The van der Waals surface area contributed by atoms with Gasteiger partial charge in [0.25, 0.3) is 5.91 Å². The fourth-order valence-corrected chi connectivity index (χ4v) is 2.84. The molecule has 1 amide bonds. The number of benzene rings is 2. The molecule has 1 N–H and O–H groups in total. The third-order valence-electron chi connectivity index (χ3n) is 3.99. The van der Waals surface area contributed by atoms with Gasteiger partial charge in [-0.2, -0.15) is 10.4 Å². The van der Waals surface area contributed by atoms with Gasteiger partial charge in [0.2, 0.25) is 0 Å². The molecule has 0 radical (unpaired) electrons. The van der Waals surface area contributed by atoms with Crippen molar-refractivity contribution in [1.29, 1.82) is 5.26 Å². The minimum Gasteiger partial charge on any atom is -0.490 e. The third-order valence-corrected chi connectivity index (χ3v) is 4.36. The summed E-state index contributed by atoms with van der Waals surface area (Å²) >= 11 is 6.20. The Bertz CT molecular complexity index is 1040. The van der Waals surface area contributed by atoms with E-state index in [-0.39, 0.29) is 12.5 Å². The van der Waals surface area contributed by atoms with Crippen molar-refractivity contribution in [2.45, 2.75) is 13.5 Å². The number of nitrogens with zero attached hydrogens (tertiary/aromatic N) is 3. The standard InChI is InChI=1S/C21H19ClN4O3/c1-2-28-19-11-15(12-23)7-8-18(19)29-14-21(27)25-20-9-10-24-26(20)13-16-5-3-4-6-17(16)22/h3-11H,2,13-14H2,1H3,(H,25,27). The monoisotopic (exact) mass is 410 g/mol. The Morgan fingerprint density at radius 2 is 2.03 bits per heavy atom. The van der Waals surface area contributed by atoms with Gasteiger partial charge in [0, 0.05) is 17.2 Å².